The van der Waals surface area contributed by atoms with Crippen molar-refractivity contribution >= 4 is 46.4 Å². The lowest BCUT2D eigenvalue weighted by Crippen LogP contribution is -2.14. The van der Waals surface area contributed by atoms with E-state index in [-0.39, 0.29) is 45.3 Å². The molecule has 9 heteroatoms. The number of amides is 1. The minimum absolute atomic E-state index is 0.00800. The number of thioether (sulfide) groups is 1. The van der Waals surface area contributed by atoms with Gasteiger partial charge >= 0.3 is 5.97 Å². The van der Waals surface area contributed by atoms with Crippen molar-refractivity contribution in [3.8, 4) is 23.8 Å². The van der Waals surface area contributed by atoms with Crippen LogP contribution in [0.4, 0.5) is 0 Å². The van der Waals surface area contributed by atoms with Crippen molar-refractivity contribution in [1.29, 1.82) is 0 Å². The number of ether oxygens (including phenoxy) is 3. The van der Waals surface area contributed by atoms with Gasteiger partial charge in [0, 0.05) is 5.56 Å². The lowest BCUT2D eigenvalue weighted by atomic mass is 10.1. The molecule has 0 fully saturated rings. The van der Waals surface area contributed by atoms with Gasteiger partial charge in [-0.05, 0) is 42.8 Å². The summed E-state index contributed by atoms with van der Waals surface area (Å²) >= 11 is 7.29. The smallest absolute Gasteiger partial charge is 0.344 e. The van der Waals surface area contributed by atoms with Gasteiger partial charge in [0.25, 0.3) is 5.91 Å². The first-order valence-electron chi connectivity index (χ1n) is 10.0. The van der Waals surface area contributed by atoms with Crippen LogP contribution in [0, 0.1) is 12.3 Å². The van der Waals surface area contributed by atoms with Crippen molar-refractivity contribution in [1.82, 2.24) is 0 Å². The van der Waals surface area contributed by atoms with Crippen molar-refractivity contribution in [2.24, 2.45) is 4.99 Å². The van der Waals surface area contributed by atoms with E-state index in [1.165, 1.54) is 7.11 Å². The second-order valence-electron chi connectivity index (χ2n) is 6.67. The van der Waals surface area contributed by atoms with Crippen LogP contribution in [0.5, 0.6) is 11.5 Å². The fourth-order valence-corrected chi connectivity index (χ4v) is 4.24. The van der Waals surface area contributed by atoms with Gasteiger partial charge in [0.1, 0.15) is 23.0 Å². The fourth-order valence-electron chi connectivity index (χ4n) is 2.96. The molecular formula is C25H20ClNO6S. The maximum Gasteiger partial charge on any atom is 0.344 e. The number of hydrogen-bond donors (Lipinski definition) is 1. The maximum absolute atomic E-state index is 12.6. The molecule has 1 heterocycles. The monoisotopic (exact) mass is 497 g/mol. The fraction of sp³-hybridized carbons (Fsp3) is 0.160. The largest absolute Gasteiger partial charge is 0.506 e. The quantitative estimate of drug-likeness (QED) is 0.422. The highest BCUT2D eigenvalue weighted by Gasteiger charge is 2.34. The lowest BCUT2D eigenvalue weighted by molar-refractivity contribution is -0.138. The molecule has 0 aliphatic carbocycles. The molecule has 0 radical (unpaired) electrons. The van der Waals surface area contributed by atoms with E-state index in [2.05, 4.69) is 10.9 Å². The van der Waals surface area contributed by atoms with E-state index in [1.54, 1.807) is 55.5 Å². The van der Waals surface area contributed by atoms with E-state index >= 15 is 0 Å². The summed E-state index contributed by atoms with van der Waals surface area (Å²) in [4.78, 5) is 29.5. The zero-order chi connectivity index (χ0) is 24.7. The van der Waals surface area contributed by atoms with Crippen LogP contribution in [0.3, 0.4) is 0 Å². The van der Waals surface area contributed by atoms with Gasteiger partial charge in [0.2, 0.25) is 0 Å². The number of rotatable bonds is 7. The number of carbonyl (C=O) groups is 2. The zero-order valence-corrected chi connectivity index (χ0v) is 19.9. The van der Waals surface area contributed by atoms with Gasteiger partial charge in [-0.1, -0.05) is 47.5 Å². The molecule has 0 saturated heterocycles. The Labute approximate surface area is 206 Å². The Hall–Kier alpha value is -3.67. The summed E-state index contributed by atoms with van der Waals surface area (Å²) in [5.41, 5.74) is 0.701. The number of hydrogen-bond acceptors (Lipinski definition) is 7. The second-order valence-corrected chi connectivity index (χ2v) is 8.11. The van der Waals surface area contributed by atoms with Gasteiger partial charge in [0.15, 0.2) is 11.5 Å². The molecule has 1 amide bonds. The van der Waals surface area contributed by atoms with E-state index in [9.17, 15) is 14.7 Å². The average Bonchev–Trinajstić information content (AvgIpc) is 3.13. The van der Waals surface area contributed by atoms with Crippen LogP contribution in [0.1, 0.15) is 22.8 Å². The van der Waals surface area contributed by atoms with Crippen LogP contribution in [0.15, 0.2) is 63.7 Å². The normalized spacial score (nSPS) is 15.4. The van der Waals surface area contributed by atoms with Crippen LogP contribution in [-0.4, -0.2) is 42.4 Å². The number of esters is 1. The zero-order valence-electron chi connectivity index (χ0n) is 18.3. The van der Waals surface area contributed by atoms with Crippen molar-refractivity contribution < 1.29 is 28.9 Å². The summed E-state index contributed by atoms with van der Waals surface area (Å²) in [5, 5.41) is 11.1. The number of methoxy groups -OCH3 is 1. The van der Waals surface area contributed by atoms with Crippen molar-refractivity contribution in [2.45, 2.75) is 6.92 Å². The topological polar surface area (TPSA) is 94.4 Å². The molecule has 1 aliphatic rings. The SMILES string of the molecule is C#CCOc1c(Cl)cc(/C=C2\SC(=NC(=O)c3ccccc3)C(C(=O)OCC)=C2O)cc1OC. The van der Waals surface area contributed by atoms with Crippen LogP contribution >= 0.6 is 23.4 Å². The molecule has 0 spiro atoms. The van der Waals surface area contributed by atoms with Gasteiger partial charge in [-0.25, -0.2) is 9.79 Å². The Bertz CT molecular complexity index is 1240. The number of aliphatic imine (C=N–C) groups is 1. The van der Waals surface area contributed by atoms with E-state index in [4.69, 9.17) is 32.2 Å². The first-order valence-corrected chi connectivity index (χ1v) is 11.2. The van der Waals surface area contributed by atoms with Gasteiger partial charge in [0.05, 0.1) is 23.6 Å². The summed E-state index contributed by atoms with van der Waals surface area (Å²) in [6.07, 6.45) is 6.82. The minimum atomic E-state index is -0.788. The van der Waals surface area contributed by atoms with E-state index in [1.807, 2.05) is 0 Å². The third-order valence-corrected chi connectivity index (χ3v) is 5.74. The minimum Gasteiger partial charge on any atom is -0.506 e. The number of nitrogens with zero attached hydrogens (tertiary/aromatic N) is 1. The molecule has 0 aromatic heterocycles. The molecule has 1 N–H and O–H groups in total. The molecule has 174 valence electrons. The Morgan fingerprint density at radius 3 is 2.65 bits per heavy atom. The lowest BCUT2D eigenvalue weighted by Gasteiger charge is -2.12. The number of aliphatic hydroxyl groups is 1. The molecule has 2 aromatic carbocycles. The van der Waals surface area contributed by atoms with Crippen molar-refractivity contribution in [3.05, 3.63) is 74.9 Å². The first kappa shape index (κ1) is 25.0. The molecule has 0 atom stereocenters. The van der Waals surface area contributed by atoms with Gasteiger partial charge in [-0.3, -0.25) is 4.79 Å². The molecular weight excluding hydrogens is 478 g/mol. The first-order chi connectivity index (χ1) is 16.4. The number of benzene rings is 2. The molecule has 3 rings (SSSR count). The molecule has 0 bridgehead atoms. The highest BCUT2D eigenvalue weighted by atomic mass is 35.5. The highest BCUT2D eigenvalue weighted by molar-refractivity contribution is 8.18. The Balaban J connectivity index is 2.03. The third kappa shape index (κ3) is 5.63. The molecule has 0 unspecified atom stereocenters. The second kappa shape index (κ2) is 11.5. The number of aliphatic hydroxyl groups excluding tert-OH is 1. The van der Waals surface area contributed by atoms with E-state index < -0.39 is 11.9 Å². The number of terminal acetylenes is 1. The number of halogens is 1. The van der Waals surface area contributed by atoms with E-state index in [0.717, 1.165) is 11.8 Å². The summed E-state index contributed by atoms with van der Waals surface area (Å²) in [5.74, 6) is 1.27. The summed E-state index contributed by atoms with van der Waals surface area (Å²) in [6, 6.07) is 11.6. The van der Waals surface area contributed by atoms with Crippen LogP contribution < -0.4 is 9.47 Å². The maximum atomic E-state index is 12.6. The molecule has 7 nitrogen and oxygen atoms in total. The Kier molecular flexibility index (Phi) is 8.41. The standard InChI is InChI=1S/C25H20ClNO6S/c1-4-11-33-22-17(26)12-15(13-18(22)31-3)14-19-21(28)20(25(30)32-5-2)24(34-19)27-23(29)16-9-7-6-8-10-16/h1,6-10,12-14,28H,5,11H2,2-3H3/b19-14-,27-24?. The Morgan fingerprint density at radius 2 is 2.00 bits per heavy atom. The predicted octanol–water partition coefficient (Wildman–Crippen LogP) is 5.06. The molecule has 0 saturated carbocycles. The van der Waals surface area contributed by atoms with Gasteiger partial charge in [-0.2, -0.15) is 0 Å². The summed E-state index contributed by atoms with van der Waals surface area (Å²) < 4.78 is 15.8. The van der Waals surface area contributed by atoms with Crippen molar-refractivity contribution in [2.75, 3.05) is 20.3 Å². The highest BCUT2D eigenvalue weighted by Crippen LogP contribution is 2.42. The van der Waals surface area contributed by atoms with Crippen LogP contribution in [0.25, 0.3) is 6.08 Å². The van der Waals surface area contributed by atoms with Crippen molar-refractivity contribution in [3.63, 3.8) is 0 Å². The summed E-state index contributed by atoms with van der Waals surface area (Å²) in [7, 11) is 1.45. The van der Waals surface area contributed by atoms with Gasteiger partial charge in [-0.15, -0.1) is 6.42 Å². The van der Waals surface area contributed by atoms with Gasteiger partial charge < -0.3 is 19.3 Å². The third-order valence-electron chi connectivity index (χ3n) is 4.44. The summed E-state index contributed by atoms with van der Waals surface area (Å²) in [6.45, 7) is 1.73. The van der Waals surface area contributed by atoms with Crippen LogP contribution in [-0.2, 0) is 9.53 Å². The average molecular weight is 498 g/mol. The molecule has 34 heavy (non-hydrogen) atoms. The predicted molar refractivity (Wildman–Crippen MR) is 132 cm³/mol. The molecule has 1 aliphatic heterocycles. The van der Waals surface area contributed by atoms with E-state index in [0.29, 0.717) is 16.9 Å². The van der Waals surface area contributed by atoms with Crippen LogP contribution in [0.2, 0.25) is 5.02 Å². The number of carbonyl (C=O) groups excluding carboxylic acids is 2. The Morgan fingerprint density at radius 1 is 1.26 bits per heavy atom. The molecule has 2 aromatic rings.